The molecule has 1 aliphatic rings. The Morgan fingerprint density at radius 2 is 0.957 bits per heavy atom. The fraction of sp³-hybridized carbons (Fsp3) is 0.800. The van der Waals surface area contributed by atoms with E-state index in [1.165, 1.54) is 89.9 Å². The average molecular weight is 1310 g/mol. The Bertz CT molecular complexity index is 2580. The highest BCUT2D eigenvalue weighted by atomic mass is 16.6. The lowest BCUT2D eigenvalue weighted by molar-refractivity contribution is -0.481. The van der Waals surface area contributed by atoms with Crippen LogP contribution in [0.4, 0.5) is 0 Å². The number of allylic oxidation sites excluding steroid dienone is 2. The number of methoxy groups -OCH3 is 1. The summed E-state index contributed by atoms with van der Waals surface area (Å²) in [5.41, 5.74) is -1.14. The number of nitrogens with one attached hydrogen (secondary N) is 4. The van der Waals surface area contributed by atoms with Crippen molar-refractivity contribution in [2.45, 2.75) is 241 Å². The summed E-state index contributed by atoms with van der Waals surface area (Å²) in [4.78, 5) is 182. The number of ether oxygens (including phenoxy) is 1. The lowest BCUT2D eigenvalue weighted by Crippen LogP contribution is -2.64. The summed E-state index contributed by atoms with van der Waals surface area (Å²) in [6.07, 6.45) is 1.56. The van der Waals surface area contributed by atoms with E-state index in [1.807, 2.05) is 41.5 Å². The third kappa shape index (κ3) is 23.1. The monoisotopic (exact) mass is 1300 g/mol. The summed E-state index contributed by atoms with van der Waals surface area (Å²) in [6, 6.07) is -15.2. The second-order valence-corrected chi connectivity index (χ2v) is 27.7. The molecule has 1 heterocycles. The zero-order valence-electron chi connectivity index (χ0n) is 59.9. The van der Waals surface area contributed by atoms with Crippen LogP contribution in [0.15, 0.2) is 12.2 Å². The molecular formula is C65H116N12O15. The van der Waals surface area contributed by atoms with Gasteiger partial charge in [-0.05, 0) is 102 Å². The predicted molar refractivity (Wildman–Crippen MR) is 350 cm³/mol. The lowest BCUT2D eigenvalue weighted by atomic mass is 9.91. The topological polar surface area (TPSA) is 331 Å². The zero-order valence-corrected chi connectivity index (χ0v) is 59.9. The number of nitro groups is 1. The first-order chi connectivity index (χ1) is 42.4. The summed E-state index contributed by atoms with van der Waals surface area (Å²) < 4.78 is 5.73. The second-order valence-electron chi connectivity index (χ2n) is 27.7. The number of hydrogen-bond donors (Lipinski definition) is 5. The third-order valence-electron chi connectivity index (χ3n) is 17.5. The third-order valence-corrected chi connectivity index (χ3v) is 17.5. The van der Waals surface area contributed by atoms with Crippen molar-refractivity contribution in [1.29, 1.82) is 0 Å². The van der Waals surface area contributed by atoms with Gasteiger partial charge in [0.1, 0.15) is 66.5 Å². The van der Waals surface area contributed by atoms with E-state index in [-0.39, 0.29) is 56.3 Å². The van der Waals surface area contributed by atoms with Gasteiger partial charge < -0.3 is 65.4 Å². The summed E-state index contributed by atoms with van der Waals surface area (Å²) in [5, 5.41) is 35.1. The van der Waals surface area contributed by atoms with Gasteiger partial charge >= 0.3 is 0 Å². The molecule has 1 rings (SSSR count). The number of aliphatic hydroxyl groups excluding tert-OH is 1. The van der Waals surface area contributed by atoms with Gasteiger partial charge in [-0.15, -0.1) is 0 Å². The smallest absolute Gasteiger partial charge is 0.246 e. The Kier molecular flexibility index (Phi) is 33.7. The van der Waals surface area contributed by atoms with Crippen LogP contribution >= 0.6 is 0 Å². The molecule has 27 heteroatoms. The highest BCUT2D eigenvalue weighted by molar-refractivity contribution is 6.00. The molecule has 0 bridgehead atoms. The molecule has 526 valence electrons. The van der Waals surface area contributed by atoms with Crippen molar-refractivity contribution >= 4 is 65.0 Å². The van der Waals surface area contributed by atoms with E-state index in [2.05, 4.69) is 21.3 Å². The number of carbonyl (C=O) groups excluding carboxylic acids is 11. The van der Waals surface area contributed by atoms with Crippen molar-refractivity contribution in [3.05, 3.63) is 22.3 Å². The van der Waals surface area contributed by atoms with Crippen molar-refractivity contribution in [2.75, 3.05) is 63.0 Å². The Hall–Kier alpha value is -6.77. The highest BCUT2D eigenvalue weighted by Gasteiger charge is 2.47. The molecule has 92 heavy (non-hydrogen) atoms. The van der Waals surface area contributed by atoms with Crippen molar-refractivity contribution in [3.63, 3.8) is 0 Å². The van der Waals surface area contributed by atoms with Crippen LogP contribution in [-0.2, 0) is 57.5 Å². The first kappa shape index (κ1) is 83.2. The minimum atomic E-state index is -1.73. The molecule has 11 amide bonds. The van der Waals surface area contributed by atoms with Gasteiger partial charge in [0.05, 0.1) is 11.7 Å². The molecule has 1 fully saturated rings. The second kappa shape index (κ2) is 37.2. The van der Waals surface area contributed by atoms with Gasteiger partial charge in [-0.25, -0.2) is 0 Å². The lowest BCUT2D eigenvalue weighted by Gasteiger charge is -2.41. The Labute approximate surface area is 547 Å². The molecule has 0 radical (unpaired) electrons. The van der Waals surface area contributed by atoms with Gasteiger partial charge in [0.25, 0.3) is 0 Å². The average Bonchev–Trinajstić information content (AvgIpc) is 0.912. The number of rotatable bonds is 19. The maximum absolute atomic E-state index is 15.3. The molecule has 1 saturated heterocycles. The Morgan fingerprint density at radius 1 is 0.533 bits per heavy atom. The van der Waals surface area contributed by atoms with E-state index in [0.717, 1.165) is 14.7 Å². The summed E-state index contributed by atoms with van der Waals surface area (Å²) in [5.74, 6) is -11.2. The number of nitrogens with zero attached hydrogens (tertiary/aromatic N) is 8. The van der Waals surface area contributed by atoms with Crippen LogP contribution in [0.2, 0.25) is 0 Å². The highest BCUT2D eigenvalue weighted by Crippen LogP contribution is 2.27. The Balaban J connectivity index is 4.57. The maximum atomic E-state index is 15.3. The van der Waals surface area contributed by atoms with Crippen molar-refractivity contribution in [1.82, 2.24) is 55.6 Å². The number of amides is 11. The van der Waals surface area contributed by atoms with Gasteiger partial charge in [-0.3, -0.25) is 62.9 Å². The molecule has 27 nitrogen and oxygen atoms in total. The van der Waals surface area contributed by atoms with E-state index in [0.29, 0.717) is 0 Å². The molecular weight excluding hydrogens is 1190 g/mol. The van der Waals surface area contributed by atoms with Crippen LogP contribution in [0, 0.1) is 45.6 Å². The van der Waals surface area contributed by atoms with Gasteiger partial charge in [0.15, 0.2) is 0 Å². The first-order valence-electron chi connectivity index (χ1n) is 32.4. The maximum Gasteiger partial charge on any atom is 0.246 e. The molecule has 5 N–H and O–H groups in total. The Morgan fingerprint density at radius 3 is 1.41 bits per heavy atom. The molecule has 0 saturated carbocycles. The molecule has 0 aliphatic carbocycles. The van der Waals surface area contributed by atoms with Gasteiger partial charge in [-0.1, -0.05) is 95.2 Å². The predicted octanol–water partition coefficient (Wildman–Crippen LogP) is 3.07. The first-order valence-corrected chi connectivity index (χ1v) is 32.4. The van der Waals surface area contributed by atoms with E-state index in [1.54, 1.807) is 74.5 Å². The summed E-state index contributed by atoms with van der Waals surface area (Å²) >= 11 is 0. The summed E-state index contributed by atoms with van der Waals surface area (Å²) in [6.45, 7) is 28.0. The van der Waals surface area contributed by atoms with Crippen molar-refractivity contribution in [2.24, 2.45) is 35.5 Å². The van der Waals surface area contributed by atoms with E-state index in [4.69, 9.17) is 4.74 Å². The van der Waals surface area contributed by atoms with Crippen molar-refractivity contribution in [3.8, 4) is 0 Å². The molecule has 0 aromatic heterocycles. The van der Waals surface area contributed by atoms with Crippen LogP contribution in [0.25, 0.3) is 0 Å². The number of carbonyl (C=O) groups is 11. The normalized spacial score (nSPS) is 26.7. The van der Waals surface area contributed by atoms with Crippen LogP contribution in [0.3, 0.4) is 0 Å². The zero-order chi connectivity index (χ0) is 71.5. The fourth-order valence-corrected chi connectivity index (χ4v) is 11.4. The van der Waals surface area contributed by atoms with Gasteiger partial charge in [0.2, 0.25) is 71.5 Å². The minimum Gasteiger partial charge on any atom is -0.390 e. The standard InChI is InChI=1S/C65H116N12O15/c1-26-28-29-41(13)53(78)52-57(82)68-44(27-2)59(84)70(18)45(30-31-77(90)91)60(85)74(22)49(35-65(16,17)92-25)56(81)69-50(39(9)10)63(88)71(19)46(32-36(3)4)55(80)66-42(14)54(79)67-43(15)58(83)72(20)47(33-37(5)6)61(86)73(21)48(34-38(7)8)62(87)75(23)51(40(11)12)64(89)76(52)24/h26,28,36-53,78H,27,29-35H2,1-25H3,(H,66,80)(H,67,79)(H,68,82)(H,69,81)/b28-26+/t41-,42+,43-,44+,45?,46+,47+,48+,49+,50+,51+,52+,53-/m1/s1. The summed E-state index contributed by atoms with van der Waals surface area (Å²) in [7, 11) is 10.8. The van der Waals surface area contributed by atoms with E-state index < -0.39 is 179 Å². The van der Waals surface area contributed by atoms with Crippen molar-refractivity contribution < 1.29 is 67.5 Å². The van der Waals surface area contributed by atoms with Gasteiger partial charge in [-0.2, -0.15) is 0 Å². The number of likely N-dealkylation sites (N-methyl/N-ethyl adjacent to an activating group) is 7. The van der Waals surface area contributed by atoms with Crippen LogP contribution in [0.5, 0.6) is 0 Å². The molecule has 1 aliphatic heterocycles. The molecule has 0 aromatic carbocycles. The molecule has 13 atom stereocenters. The van der Waals surface area contributed by atoms with Crippen LogP contribution in [0.1, 0.15) is 163 Å². The fourth-order valence-electron chi connectivity index (χ4n) is 11.4. The minimum absolute atomic E-state index is 0.0921. The number of aliphatic hydroxyl groups is 1. The molecule has 1 unspecified atom stereocenters. The molecule has 0 aromatic rings. The SMILES string of the molecule is C/C=C/C[C@@H](C)[C@@H](O)[C@H]1C(=O)N[C@@H](CC)C(=O)N(C)C(CC[N+](=O)[O-])C(=O)N(C)[C@@H](CC(C)(C)OC)C(=O)N[C@@H](C(C)C)C(=O)N(C)[C@@H](CC(C)C)C(=O)N[C@@H](C)C(=O)N[C@H](C)C(=O)N(C)[C@@H](CC(C)C)C(=O)N(C)[C@@H](CC(C)C)C(=O)N(C)[C@@H](C(C)C)C(=O)N1C. The number of hydrogen-bond acceptors (Lipinski definition) is 15. The molecule has 0 spiro atoms. The van der Waals surface area contributed by atoms with Crippen LogP contribution in [-0.4, -0.2) is 250 Å². The van der Waals surface area contributed by atoms with E-state index in [9.17, 15) is 44.0 Å². The largest absolute Gasteiger partial charge is 0.390 e. The van der Waals surface area contributed by atoms with Crippen LogP contribution < -0.4 is 21.3 Å². The van der Waals surface area contributed by atoms with Gasteiger partial charge in [0, 0.05) is 74.2 Å². The van der Waals surface area contributed by atoms with E-state index >= 15 is 24.0 Å². The quantitative estimate of drug-likeness (QED) is 0.0705.